The number of hydrogen-bond donors (Lipinski definition) is 2. The number of nitrogens with zero attached hydrogens (tertiary/aromatic N) is 2. The quantitative estimate of drug-likeness (QED) is 0.635. The lowest BCUT2D eigenvalue weighted by molar-refractivity contribution is -0.142. The number of likely N-dealkylation sites (tertiary alicyclic amines) is 1. The van der Waals surface area contributed by atoms with Gasteiger partial charge in [-0.3, -0.25) is 19.3 Å². The highest BCUT2D eigenvalue weighted by Crippen LogP contribution is 2.49. The molecule has 24 heavy (non-hydrogen) atoms. The topological polar surface area (TPSA) is 99.6 Å². The first-order chi connectivity index (χ1) is 11.6. The summed E-state index contributed by atoms with van der Waals surface area (Å²) < 4.78 is 0. The molecule has 5 rings (SSSR count). The first-order valence-electron chi connectivity index (χ1n) is 8.03. The summed E-state index contributed by atoms with van der Waals surface area (Å²) in [5.41, 5.74) is 0. The molecule has 4 atom stereocenters. The molecule has 1 aromatic heterocycles. The number of allylic oxidation sites excluding steroid dienone is 2. The first kappa shape index (κ1) is 14.9. The average Bonchev–Trinajstić information content (AvgIpc) is 2.85. The Hall–Kier alpha value is -2.70. The molecule has 2 bridgehead atoms. The van der Waals surface area contributed by atoms with Gasteiger partial charge >= 0.3 is 0 Å². The Morgan fingerprint density at radius 2 is 1.83 bits per heavy atom. The maximum absolute atomic E-state index is 12.6. The monoisotopic (exact) mass is 327 g/mol. The van der Waals surface area contributed by atoms with Crippen molar-refractivity contribution in [2.75, 3.05) is 11.9 Å². The lowest BCUT2D eigenvalue weighted by Gasteiger charge is -2.38. The van der Waals surface area contributed by atoms with Crippen LogP contribution >= 0.6 is 0 Å². The number of pyridine rings is 1. The summed E-state index contributed by atoms with van der Waals surface area (Å²) >= 11 is 0. The van der Waals surface area contributed by atoms with Gasteiger partial charge in [0, 0.05) is 6.20 Å². The number of amides is 3. The average molecular weight is 327 g/mol. The number of carbonyl (C=O) groups excluding carboxylic acids is 3. The van der Waals surface area contributed by atoms with Crippen molar-refractivity contribution in [2.45, 2.75) is 12.8 Å². The summed E-state index contributed by atoms with van der Waals surface area (Å²) in [5.74, 6) is -1.66. The molecule has 0 unspecified atom stereocenters. The van der Waals surface area contributed by atoms with E-state index in [0.717, 1.165) is 17.7 Å². The van der Waals surface area contributed by atoms with Crippen molar-refractivity contribution in [2.24, 2.45) is 23.7 Å². The third-order valence-electron chi connectivity index (χ3n) is 5.20. The predicted molar refractivity (Wildman–Crippen MR) is 83.6 cm³/mol. The molecule has 1 aromatic rings. The van der Waals surface area contributed by atoms with Gasteiger partial charge in [0.25, 0.3) is 0 Å². The van der Waals surface area contributed by atoms with Crippen LogP contribution in [0.3, 0.4) is 0 Å². The molecule has 1 aliphatic heterocycles. The van der Waals surface area contributed by atoms with Crippen molar-refractivity contribution < 1.29 is 19.5 Å². The zero-order chi connectivity index (χ0) is 16.8. The number of carbonyl (C=O) groups is 3. The van der Waals surface area contributed by atoms with Gasteiger partial charge in [0.05, 0.1) is 11.8 Å². The minimum Gasteiger partial charge on any atom is -0.504 e. The van der Waals surface area contributed by atoms with Crippen LogP contribution < -0.4 is 5.32 Å². The third kappa shape index (κ3) is 2.19. The fraction of sp³-hybridized carbons (Fsp3) is 0.412. The molecule has 4 aliphatic rings. The first-order valence-corrected chi connectivity index (χ1v) is 8.03. The van der Waals surface area contributed by atoms with Crippen LogP contribution in [0, 0.1) is 23.7 Å². The summed E-state index contributed by atoms with van der Waals surface area (Å²) in [5, 5.41) is 12.1. The second-order valence-corrected chi connectivity index (χ2v) is 6.52. The fourth-order valence-corrected chi connectivity index (χ4v) is 4.10. The molecule has 3 aliphatic carbocycles. The molecule has 0 aromatic carbocycles. The van der Waals surface area contributed by atoms with Crippen molar-refractivity contribution in [3.8, 4) is 5.75 Å². The van der Waals surface area contributed by atoms with Gasteiger partial charge in [-0.2, -0.15) is 0 Å². The van der Waals surface area contributed by atoms with Crippen molar-refractivity contribution in [1.82, 2.24) is 9.88 Å². The molecule has 3 amide bonds. The third-order valence-corrected chi connectivity index (χ3v) is 5.20. The van der Waals surface area contributed by atoms with Crippen LogP contribution in [-0.4, -0.2) is 39.3 Å². The van der Waals surface area contributed by atoms with Gasteiger partial charge in [-0.25, -0.2) is 4.98 Å². The maximum atomic E-state index is 12.6. The van der Waals surface area contributed by atoms with Crippen LogP contribution in [0.1, 0.15) is 12.8 Å². The molecular formula is C17H17N3O4. The Balaban J connectivity index is 1.49. The Labute approximate surface area is 138 Å². The zero-order valence-electron chi connectivity index (χ0n) is 12.9. The number of aromatic hydroxyl groups is 1. The van der Waals surface area contributed by atoms with E-state index < -0.39 is 5.91 Å². The highest BCUT2D eigenvalue weighted by atomic mass is 16.3. The molecule has 2 N–H and O–H groups in total. The van der Waals surface area contributed by atoms with Crippen LogP contribution in [0.2, 0.25) is 0 Å². The van der Waals surface area contributed by atoms with Crippen molar-refractivity contribution in [3.63, 3.8) is 0 Å². The van der Waals surface area contributed by atoms with Gasteiger partial charge in [0.1, 0.15) is 6.54 Å². The van der Waals surface area contributed by atoms with E-state index in [2.05, 4.69) is 10.3 Å². The molecule has 2 heterocycles. The van der Waals surface area contributed by atoms with E-state index in [9.17, 15) is 19.5 Å². The van der Waals surface area contributed by atoms with Gasteiger partial charge in [-0.05, 0) is 36.8 Å². The van der Waals surface area contributed by atoms with Crippen LogP contribution in [-0.2, 0) is 14.4 Å². The second-order valence-electron chi connectivity index (χ2n) is 6.52. The Kier molecular flexibility index (Phi) is 3.37. The molecule has 0 spiro atoms. The lowest BCUT2D eigenvalue weighted by atomic mass is 9.63. The van der Waals surface area contributed by atoms with E-state index >= 15 is 0 Å². The van der Waals surface area contributed by atoms with E-state index in [4.69, 9.17) is 0 Å². The van der Waals surface area contributed by atoms with E-state index in [1.54, 1.807) is 0 Å². The number of anilines is 1. The molecular weight excluding hydrogens is 310 g/mol. The van der Waals surface area contributed by atoms with Crippen LogP contribution in [0.4, 0.5) is 5.82 Å². The highest BCUT2D eigenvalue weighted by molar-refractivity contribution is 6.09. The predicted octanol–water partition coefficient (Wildman–Crippen LogP) is 0.923. The number of hydrogen-bond acceptors (Lipinski definition) is 5. The second kappa shape index (κ2) is 5.43. The number of imide groups is 1. The van der Waals surface area contributed by atoms with Crippen LogP contribution in [0.5, 0.6) is 5.75 Å². The fourth-order valence-electron chi connectivity index (χ4n) is 4.10. The van der Waals surface area contributed by atoms with Crippen molar-refractivity contribution in [1.29, 1.82) is 0 Å². The van der Waals surface area contributed by atoms with Crippen molar-refractivity contribution >= 4 is 23.5 Å². The Morgan fingerprint density at radius 3 is 2.38 bits per heavy atom. The summed E-state index contributed by atoms with van der Waals surface area (Å²) in [6, 6.07) is 2.93. The molecule has 2 fully saturated rings. The summed E-state index contributed by atoms with van der Waals surface area (Å²) in [6.07, 6.45) is 7.35. The summed E-state index contributed by atoms with van der Waals surface area (Å²) in [7, 11) is 0. The number of rotatable bonds is 3. The SMILES string of the molecule is O=C(CN1C(=O)[C@H]2[C@H](C1=O)[C@H]1C=C[C@H]2CC1)Nc1ncccc1O. The molecule has 7 heteroatoms. The smallest absolute Gasteiger partial charge is 0.245 e. The zero-order valence-corrected chi connectivity index (χ0v) is 12.9. The summed E-state index contributed by atoms with van der Waals surface area (Å²) in [4.78, 5) is 42.3. The normalized spacial score (nSPS) is 30.6. The lowest BCUT2D eigenvalue weighted by Crippen LogP contribution is -2.38. The molecule has 1 saturated heterocycles. The van der Waals surface area contributed by atoms with Gasteiger partial charge < -0.3 is 10.4 Å². The van der Waals surface area contributed by atoms with E-state index in [0.29, 0.717) is 0 Å². The van der Waals surface area contributed by atoms with E-state index in [1.807, 2.05) is 12.2 Å². The van der Waals surface area contributed by atoms with Gasteiger partial charge in [-0.15, -0.1) is 0 Å². The van der Waals surface area contributed by atoms with E-state index in [-0.39, 0.29) is 53.6 Å². The summed E-state index contributed by atoms with van der Waals surface area (Å²) in [6.45, 7) is -0.347. The van der Waals surface area contributed by atoms with Gasteiger partial charge in [-0.1, -0.05) is 12.2 Å². The Morgan fingerprint density at radius 1 is 1.21 bits per heavy atom. The standard InChI is InChI=1S/C17H17N3O4/c21-11-2-1-7-18-15(11)19-12(22)8-20-16(23)13-9-3-4-10(6-5-9)14(13)17(20)24/h1-4,7,9-10,13-14,21H,5-6,8H2,(H,18,19,22)/t9-,10-,13+,14+/m0/s1. The molecule has 1 saturated carbocycles. The van der Waals surface area contributed by atoms with Crippen LogP contribution in [0.25, 0.3) is 0 Å². The minimum atomic E-state index is -0.551. The maximum Gasteiger partial charge on any atom is 0.245 e. The Bertz CT molecular complexity index is 728. The molecule has 0 radical (unpaired) electrons. The largest absolute Gasteiger partial charge is 0.504 e. The van der Waals surface area contributed by atoms with Gasteiger partial charge in [0.15, 0.2) is 11.6 Å². The number of nitrogens with one attached hydrogen (secondary N) is 1. The minimum absolute atomic E-state index is 0.0146. The van der Waals surface area contributed by atoms with E-state index in [1.165, 1.54) is 18.3 Å². The number of fused-ring (bicyclic) bond motifs is 1. The molecule has 7 nitrogen and oxygen atoms in total. The number of aromatic nitrogens is 1. The molecule has 124 valence electrons. The highest BCUT2D eigenvalue weighted by Gasteiger charge is 2.56. The van der Waals surface area contributed by atoms with Crippen molar-refractivity contribution in [3.05, 3.63) is 30.5 Å². The van der Waals surface area contributed by atoms with Crippen LogP contribution in [0.15, 0.2) is 30.5 Å². The van der Waals surface area contributed by atoms with Gasteiger partial charge in [0.2, 0.25) is 17.7 Å².